The van der Waals surface area contributed by atoms with Crippen molar-refractivity contribution >= 4 is 18.1 Å². The number of nitrogens with zero attached hydrogens (tertiary/aromatic N) is 1. The van der Waals surface area contributed by atoms with Crippen LogP contribution in [0.1, 0.15) is 16.1 Å². The van der Waals surface area contributed by atoms with E-state index >= 15 is 0 Å². The third kappa shape index (κ3) is 1.62. The van der Waals surface area contributed by atoms with E-state index in [4.69, 9.17) is 11.0 Å². The van der Waals surface area contributed by atoms with Gasteiger partial charge >= 0.3 is 0 Å². The second-order valence-corrected chi connectivity index (χ2v) is 2.54. The number of nitrogens with two attached hydrogens (primary N) is 1. The number of aromatic nitrogens is 2. The van der Waals surface area contributed by atoms with E-state index in [0.29, 0.717) is 0 Å². The molecule has 0 saturated heterocycles. The molecule has 1 amide bonds. The Kier molecular flexibility index (Phi) is 2.25. The van der Waals surface area contributed by atoms with Gasteiger partial charge in [0.2, 0.25) is 0 Å². The van der Waals surface area contributed by atoms with Crippen LogP contribution in [0.15, 0.2) is 4.79 Å². The first-order valence-corrected chi connectivity index (χ1v) is 3.53. The van der Waals surface area contributed by atoms with Gasteiger partial charge in [0.15, 0.2) is 4.77 Å². The predicted molar refractivity (Wildman–Crippen MR) is 45.5 cm³/mol. The molecule has 13 heavy (non-hydrogen) atoms. The highest BCUT2D eigenvalue weighted by Gasteiger charge is 2.11. The largest absolute Gasteiger partial charge is 0.364 e. The van der Waals surface area contributed by atoms with Crippen LogP contribution in [0.25, 0.3) is 0 Å². The van der Waals surface area contributed by atoms with Crippen LogP contribution in [0.2, 0.25) is 0 Å². The number of H-pyrrole nitrogens is 2. The lowest BCUT2D eigenvalue weighted by Gasteiger charge is -1.96. The van der Waals surface area contributed by atoms with Gasteiger partial charge in [0, 0.05) is 0 Å². The second-order valence-electron chi connectivity index (χ2n) is 2.13. The number of primary amides is 1. The standard InChI is InChI=1S/C6H4N4O2S/c7-1-2-3(4(8)11)9-6(13)10-5(2)12/h(H2,8,11)(H2,9,10,12,13). The van der Waals surface area contributed by atoms with Gasteiger partial charge in [-0.15, -0.1) is 0 Å². The SMILES string of the molecule is N#Cc1c(C(N)=O)[nH]c(=S)[nH]c1=O. The fraction of sp³-hybridized carbons (Fsp3) is 0. The molecular weight excluding hydrogens is 192 g/mol. The zero-order valence-electron chi connectivity index (χ0n) is 6.25. The van der Waals surface area contributed by atoms with Crippen LogP contribution < -0.4 is 11.3 Å². The fourth-order valence-corrected chi connectivity index (χ4v) is 0.973. The summed E-state index contributed by atoms with van der Waals surface area (Å²) in [5.74, 6) is -0.895. The first kappa shape index (κ1) is 9.15. The predicted octanol–water partition coefficient (Wildman–Crippen LogP) is -0.597. The van der Waals surface area contributed by atoms with E-state index < -0.39 is 11.5 Å². The van der Waals surface area contributed by atoms with Crippen molar-refractivity contribution in [3.8, 4) is 6.07 Å². The Labute approximate surface area is 77.0 Å². The topological polar surface area (TPSA) is 116 Å². The van der Waals surface area contributed by atoms with Gasteiger partial charge in [-0.25, -0.2) is 0 Å². The highest BCUT2D eigenvalue weighted by molar-refractivity contribution is 7.71. The van der Waals surface area contributed by atoms with E-state index in [0.717, 1.165) is 0 Å². The number of aromatic amines is 2. The van der Waals surface area contributed by atoms with Gasteiger partial charge in [-0.2, -0.15) is 5.26 Å². The first-order valence-electron chi connectivity index (χ1n) is 3.12. The van der Waals surface area contributed by atoms with Crippen LogP contribution in [-0.2, 0) is 0 Å². The maximum atomic E-state index is 11.0. The Hall–Kier alpha value is -1.94. The third-order valence-corrected chi connectivity index (χ3v) is 1.50. The average molecular weight is 196 g/mol. The summed E-state index contributed by atoms with van der Waals surface area (Å²) in [5, 5.41) is 8.51. The number of amides is 1. The minimum Gasteiger partial charge on any atom is -0.364 e. The molecule has 0 saturated carbocycles. The molecule has 7 heteroatoms. The van der Waals surface area contributed by atoms with Crippen LogP contribution in [0.5, 0.6) is 0 Å². The van der Waals surface area contributed by atoms with Crippen molar-refractivity contribution in [3.05, 3.63) is 26.4 Å². The molecular formula is C6H4N4O2S. The van der Waals surface area contributed by atoms with Crippen LogP contribution in [0.3, 0.4) is 0 Å². The maximum absolute atomic E-state index is 11.0. The fourth-order valence-electron chi connectivity index (χ4n) is 0.778. The van der Waals surface area contributed by atoms with Gasteiger partial charge in [-0.1, -0.05) is 0 Å². The maximum Gasteiger partial charge on any atom is 0.270 e. The van der Waals surface area contributed by atoms with Gasteiger partial charge in [0.25, 0.3) is 11.5 Å². The van der Waals surface area contributed by atoms with Crippen molar-refractivity contribution in [2.24, 2.45) is 5.73 Å². The second kappa shape index (κ2) is 3.20. The lowest BCUT2D eigenvalue weighted by atomic mass is 10.2. The molecule has 1 aromatic rings. The molecule has 0 aliphatic heterocycles. The smallest absolute Gasteiger partial charge is 0.270 e. The van der Waals surface area contributed by atoms with Crippen LogP contribution in [0.4, 0.5) is 0 Å². The van der Waals surface area contributed by atoms with Crippen molar-refractivity contribution in [3.63, 3.8) is 0 Å². The zero-order valence-corrected chi connectivity index (χ0v) is 7.07. The molecule has 4 N–H and O–H groups in total. The normalized spacial score (nSPS) is 9.15. The van der Waals surface area contributed by atoms with Gasteiger partial charge < -0.3 is 10.7 Å². The molecule has 1 rings (SSSR count). The summed E-state index contributed by atoms with van der Waals surface area (Å²) in [6.45, 7) is 0. The van der Waals surface area contributed by atoms with E-state index in [1.54, 1.807) is 6.07 Å². The number of carbonyl (C=O) groups excluding carboxylic acids is 1. The van der Waals surface area contributed by atoms with Crippen LogP contribution >= 0.6 is 12.2 Å². The Balaban J connectivity index is 3.70. The van der Waals surface area contributed by atoms with Gasteiger partial charge in [0.05, 0.1) is 0 Å². The Morgan fingerprint density at radius 1 is 1.54 bits per heavy atom. The van der Waals surface area contributed by atoms with E-state index in [-0.39, 0.29) is 16.0 Å². The molecule has 0 aliphatic carbocycles. The number of nitriles is 1. The van der Waals surface area contributed by atoms with E-state index in [2.05, 4.69) is 22.2 Å². The van der Waals surface area contributed by atoms with Crippen molar-refractivity contribution in [1.82, 2.24) is 9.97 Å². The van der Waals surface area contributed by atoms with E-state index in [1.165, 1.54) is 0 Å². The molecule has 0 fully saturated rings. The molecule has 0 aromatic carbocycles. The minimum atomic E-state index is -0.895. The zero-order chi connectivity index (χ0) is 10.0. The van der Waals surface area contributed by atoms with Gasteiger partial charge in [-0.3, -0.25) is 14.6 Å². The summed E-state index contributed by atoms with van der Waals surface area (Å²) in [6.07, 6.45) is 0. The molecule has 66 valence electrons. The van der Waals surface area contributed by atoms with Crippen molar-refractivity contribution in [1.29, 1.82) is 5.26 Å². The molecule has 0 atom stereocenters. The molecule has 1 heterocycles. The lowest BCUT2D eigenvalue weighted by Crippen LogP contribution is -2.23. The summed E-state index contributed by atoms with van der Waals surface area (Å²) < 4.78 is -0.0437. The number of carbonyl (C=O) groups is 1. The van der Waals surface area contributed by atoms with Crippen molar-refractivity contribution in [2.75, 3.05) is 0 Å². The molecule has 1 aromatic heterocycles. The highest BCUT2D eigenvalue weighted by Crippen LogP contribution is 1.95. The Morgan fingerprint density at radius 3 is 2.62 bits per heavy atom. The average Bonchev–Trinajstić information content (AvgIpc) is 2.02. The highest BCUT2D eigenvalue weighted by atomic mass is 32.1. The summed E-state index contributed by atoms with van der Waals surface area (Å²) in [6, 6.07) is 1.55. The molecule has 0 aliphatic rings. The van der Waals surface area contributed by atoms with E-state index in [1.807, 2.05) is 0 Å². The molecule has 0 unspecified atom stereocenters. The van der Waals surface area contributed by atoms with Gasteiger partial charge in [0.1, 0.15) is 17.3 Å². The molecule has 6 nitrogen and oxygen atoms in total. The van der Waals surface area contributed by atoms with Crippen LogP contribution in [-0.4, -0.2) is 15.9 Å². The number of hydrogen-bond acceptors (Lipinski definition) is 4. The molecule has 0 spiro atoms. The van der Waals surface area contributed by atoms with Gasteiger partial charge in [-0.05, 0) is 12.2 Å². The summed E-state index contributed by atoms with van der Waals surface area (Å²) >= 11 is 4.59. The van der Waals surface area contributed by atoms with Crippen molar-refractivity contribution in [2.45, 2.75) is 0 Å². The molecule has 0 bridgehead atoms. The number of nitrogens with one attached hydrogen (secondary N) is 2. The Bertz CT molecular complexity index is 507. The summed E-state index contributed by atoms with van der Waals surface area (Å²) in [7, 11) is 0. The molecule has 0 radical (unpaired) electrons. The number of rotatable bonds is 1. The summed E-state index contributed by atoms with van der Waals surface area (Å²) in [4.78, 5) is 26.2. The lowest BCUT2D eigenvalue weighted by molar-refractivity contribution is 0.0995. The monoisotopic (exact) mass is 196 g/mol. The van der Waals surface area contributed by atoms with Crippen LogP contribution in [0, 0.1) is 16.1 Å². The summed E-state index contributed by atoms with van der Waals surface area (Å²) in [5.41, 5.74) is 3.56. The first-order chi connectivity index (χ1) is 6.06. The Morgan fingerprint density at radius 2 is 2.15 bits per heavy atom. The van der Waals surface area contributed by atoms with Crippen molar-refractivity contribution < 1.29 is 4.79 Å². The van der Waals surface area contributed by atoms with E-state index in [9.17, 15) is 9.59 Å². The number of hydrogen-bond donors (Lipinski definition) is 3. The third-order valence-electron chi connectivity index (χ3n) is 1.30. The minimum absolute atomic E-state index is 0.0437. The quantitative estimate of drug-likeness (QED) is 0.520.